The Hall–Kier alpha value is -0.960. The van der Waals surface area contributed by atoms with Gasteiger partial charge in [0.05, 0.1) is 9.79 Å². The van der Waals surface area contributed by atoms with E-state index in [0.717, 1.165) is 44.9 Å². The molecule has 146 valence electrons. The summed E-state index contributed by atoms with van der Waals surface area (Å²) in [6, 6.07) is 5.77. The lowest BCUT2D eigenvalue weighted by atomic mass is 10.0. The van der Waals surface area contributed by atoms with E-state index in [1.807, 2.05) is 6.92 Å². The second-order valence-corrected chi connectivity index (χ2v) is 10.9. The first kappa shape index (κ1) is 19.8. The van der Waals surface area contributed by atoms with Crippen LogP contribution in [0.15, 0.2) is 34.1 Å². The highest BCUT2D eigenvalue weighted by atomic mass is 32.2. The van der Waals surface area contributed by atoms with E-state index in [4.69, 9.17) is 0 Å². The van der Waals surface area contributed by atoms with Crippen LogP contribution >= 0.6 is 0 Å². The maximum atomic E-state index is 13.0. The second-order valence-electron chi connectivity index (χ2n) is 7.11. The molecular formula is C18H28N2O4S2. The van der Waals surface area contributed by atoms with E-state index in [0.29, 0.717) is 19.6 Å². The van der Waals surface area contributed by atoms with E-state index in [9.17, 15) is 16.8 Å². The fourth-order valence-electron chi connectivity index (χ4n) is 3.87. The van der Waals surface area contributed by atoms with Crippen molar-refractivity contribution in [1.82, 2.24) is 8.61 Å². The number of benzene rings is 1. The molecule has 0 aromatic heterocycles. The minimum atomic E-state index is -3.59. The summed E-state index contributed by atoms with van der Waals surface area (Å²) >= 11 is 0. The summed E-state index contributed by atoms with van der Waals surface area (Å²) in [6.07, 6.45) is 6.41. The molecule has 8 heteroatoms. The van der Waals surface area contributed by atoms with Gasteiger partial charge >= 0.3 is 0 Å². The molecule has 1 aromatic rings. The number of sulfonamides is 2. The molecule has 1 aromatic carbocycles. The lowest BCUT2D eigenvalue weighted by Crippen LogP contribution is -2.43. The molecule has 6 nitrogen and oxygen atoms in total. The van der Waals surface area contributed by atoms with E-state index in [-0.39, 0.29) is 15.8 Å². The van der Waals surface area contributed by atoms with Gasteiger partial charge in [-0.1, -0.05) is 19.8 Å². The molecule has 0 saturated carbocycles. The topological polar surface area (TPSA) is 74.8 Å². The van der Waals surface area contributed by atoms with Crippen molar-refractivity contribution in [2.75, 3.05) is 19.6 Å². The predicted molar refractivity (Wildman–Crippen MR) is 101 cm³/mol. The van der Waals surface area contributed by atoms with Crippen LogP contribution in [-0.2, 0) is 20.0 Å². The van der Waals surface area contributed by atoms with Crippen LogP contribution < -0.4 is 0 Å². The first-order chi connectivity index (χ1) is 12.4. The highest BCUT2D eigenvalue weighted by Gasteiger charge is 2.33. The highest BCUT2D eigenvalue weighted by molar-refractivity contribution is 7.89. The van der Waals surface area contributed by atoms with Crippen LogP contribution in [0.1, 0.15) is 51.9 Å². The summed E-state index contributed by atoms with van der Waals surface area (Å²) in [5, 5.41) is 0. The second kappa shape index (κ2) is 7.96. The molecule has 0 spiro atoms. The van der Waals surface area contributed by atoms with Crippen LogP contribution in [0, 0.1) is 0 Å². The van der Waals surface area contributed by atoms with E-state index >= 15 is 0 Å². The molecular weight excluding hydrogens is 372 g/mol. The molecule has 0 amide bonds. The Balaban J connectivity index is 1.84. The smallest absolute Gasteiger partial charge is 0.207 e. The van der Waals surface area contributed by atoms with Crippen LogP contribution in [0.25, 0.3) is 0 Å². The van der Waals surface area contributed by atoms with E-state index in [2.05, 4.69) is 0 Å². The van der Waals surface area contributed by atoms with E-state index < -0.39 is 20.0 Å². The third-order valence-electron chi connectivity index (χ3n) is 5.43. The quantitative estimate of drug-likeness (QED) is 0.762. The van der Waals surface area contributed by atoms with Crippen LogP contribution in [0.5, 0.6) is 0 Å². The maximum Gasteiger partial charge on any atom is 0.243 e. The average Bonchev–Trinajstić information content (AvgIpc) is 2.68. The van der Waals surface area contributed by atoms with Crippen LogP contribution in [0.4, 0.5) is 0 Å². The van der Waals surface area contributed by atoms with Crippen molar-refractivity contribution in [2.24, 2.45) is 0 Å². The SMILES string of the molecule is CCC1CCCCN1S(=O)(=O)c1ccc(S(=O)(=O)N2CCCCC2)cc1. The van der Waals surface area contributed by atoms with Crippen molar-refractivity contribution >= 4 is 20.0 Å². The monoisotopic (exact) mass is 400 g/mol. The lowest BCUT2D eigenvalue weighted by Gasteiger charge is -2.34. The van der Waals surface area contributed by atoms with Gasteiger partial charge in [0.25, 0.3) is 0 Å². The minimum absolute atomic E-state index is 0.0329. The molecule has 1 atom stereocenters. The fourth-order valence-corrected chi connectivity index (χ4v) is 7.16. The number of piperidine rings is 2. The minimum Gasteiger partial charge on any atom is -0.207 e. The molecule has 0 bridgehead atoms. The van der Waals surface area contributed by atoms with Crippen molar-refractivity contribution in [3.8, 4) is 0 Å². The maximum absolute atomic E-state index is 13.0. The van der Waals surface area contributed by atoms with Gasteiger partial charge in [-0.25, -0.2) is 16.8 Å². The van der Waals surface area contributed by atoms with Gasteiger partial charge in [0, 0.05) is 25.7 Å². The first-order valence-corrected chi connectivity index (χ1v) is 12.4. The zero-order valence-corrected chi connectivity index (χ0v) is 16.9. The Kier molecular flexibility index (Phi) is 6.06. The zero-order valence-electron chi connectivity index (χ0n) is 15.3. The standard InChI is InChI=1S/C18H28N2O4S2/c1-2-16-8-4-7-15-20(16)26(23,24)18-11-9-17(10-12-18)25(21,22)19-13-5-3-6-14-19/h9-12,16H,2-8,13-15H2,1H3. The summed E-state index contributed by atoms with van der Waals surface area (Å²) < 4.78 is 54.5. The first-order valence-electron chi connectivity index (χ1n) is 9.49. The molecule has 0 aliphatic carbocycles. The van der Waals surface area contributed by atoms with Crippen molar-refractivity contribution in [3.63, 3.8) is 0 Å². The predicted octanol–water partition coefficient (Wildman–Crippen LogP) is 2.81. The summed E-state index contributed by atoms with van der Waals surface area (Å²) in [7, 11) is -7.13. The third kappa shape index (κ3) is 3.83. The number of nitrogens with zero attached hydrogens (tertiary/aromatic N) is 2. The van der Waals surface area contributed by atoms with Crippen LogP contribution in [-0.4, -0.2) is 51.1 Å². The molecule has 2 aliphatic heterocycles. The van der Waals surface area contributed by atoms with Gasteiger partial charge in [0.2, 0.25) is 20.0 Å². The van der Waals surface area contributed by atoms with Gasteiger partial charge in [0.15, 0.2) is 0 Å². The van der Waals surface area contributed by atoms with Crippen LogP contribution in [0.2, 0.25) is 0 Å². The van der Waals surface area contributed by atoms with Gasteiger partial charge in [0.1, 0.15) is 0 Å². The third-order valence-corrected chi connectivity index (χ3v) is 9.31. The Labute approximate surface area is 157 Å². The molecule has 2 heterocycles. The summed E-state index contributed by atoms with van der Waals surface area (Å²) in [6.45, 7) is 3.62. The molecule has 2 fully saturated rings. The Morgan fingerprint density at radius 3 is 1.92 bits per heavy atom. The number of rotatable bonds is 5. The summed E-state index contributed by atoms with van der Waals surface area (Å²) in [5.41, 5.74) is 0. The van der Waals surface area contributed by atoms with Crippen LogP contribution in [0.3, 0.4) is 0 Å². The van der Waals surface area contributed by atoms with Crippen molar-refractivity contribution in [2.45, 2.75) is 67.7 Å². The normalized spacial score (nSPS) is 23.8. The average molecular weight is 401 g/mol. The molecule has 3 rings (SSSR count). The van der Waals surface area contributed by atoms with Gasteiger partial charge < -0.3 is 0 Å². The lowest BCUT2D eigenvalue weighted by molar-refractivity contribution is 0.246. The van der Waals surface area contributed by atoms with Gasteiger partial charge in [-0.3, -0.25) is 0 Å². The molecule has 1 unspecified atom stereocenters. The Morgan fingerprint density at radius 1 is 0.808 bits per heavy atom. The van der Waals surface area contributed by atoms with E-state index in [1.54, 1.807) is 4.31 Å². The largest absolute Gasteiger partial charge is 0.243 e. The zero-order chi connectivity index (χ0) is 18.8. The Bertz CT molecular complexity index is 813. The van der Waals surface area contributed by atoms with Gasteiger partial charge in [-0.2, -0.15) is 8.61 Å². The molecule has 26 heavy (non-hydrogen) atoms. The summed E-state index contributed by atoms with van der Waals surface area (Å²) in [5.74, 6) is 0. The van der Waals surface area contributed by atoms with Crippen molar-refractivity contribution < 1.29 is 16.8 Å². The van der Waals surface area contributed by atoms with Crippen molar-refractivity contribution in [3.05, 3.63) is 24.3 Å². The van der Waals surface area contributed by atoms with Crippen molar-refractivity contribution in [1.29, 1.82) is 0 Å². The van der Waals surface area contributed by atoms with Gasteiger partial charge in [-0.15, -0.1) is 0 Å². The molecule has 2 aliphatic rings. The number of hydrogen-bond donors (Lipinski definition) is 0. The van der Waals surface area contributed by atoms with E-state index in [1.165, 1.54) is 28.6 Å². The van der Waals surface area contributed by atoms with Gasteiger partial charge in [-0.05, 0) is 56.4 Å². The highest BCUT2D eigenvalue weighted by Crippen LogP contribution is 2.28. The Morgan fingerprint density at radius 2 is 1.35 bits per heavy atom. The molecule has 0 N–H and O–H groups in total. The molecule has 2 saturated heterocycles. The fraction of sp³-hybridized carbons (Fsp3) is 0.667. The molecule has 0 radical (unpaired) electrons. The summed E-state index contributed by atoms with van der Waals surface area (Å²) in [4.78, 5) is 0.347. The number of hydrogen-bond acceptors (Lipinski definition) is 4.